The van der Waals surface area contributed by atoms with E-state index >= 15 is 0 Å². The Hall–Kier alpha value is -0.820. The number of hydrogen-bond acceptors (Lipinski definition) is 2. The highest BCUT2D eigenvalue weighted by Crippen LogP contribution is 2.24. The van der Waals surface area contributed by atoms with Crippen LogP contribution in [0.2, 0.25) is 5.15 Å². The summed E-state index contributed by atoms with van der Waals surface area (Å²) in [6, 6.07) is 3.13. The van der Waals surface area contributed by atoms with Gasteiger partial charge in [-0.2, -0.15) is 0 Å². The van der Waals surface area contributed by atoms with E-state index in [0.717, 1.165) is 9.64 Å². The highest BCUT2D eigenvalue weighted by Gasteiger charge is 2.11. The number of halogens is 4. The van der Waals surface area contributed by atoms with E-state index in [1.165, 1.54) is 12.1 Å². The van der Waals surface area contributed by atoms with Gasteiger partial charge in [0.05, 0.1) is 9.26 Å². The van der Waals surface area contributed by atoms with Crippen LogP contribution < -0.4 is 0 Å². The van der Waals surface area contributed by atoms with E-state index in [0.29, 0.717) is 5.69 Å². The molecule has 1 aromatic heterocycles. The second-order valence-electron chi connectivity index (χ2n) is 3.40. The van der Waals surface area contributed by atoms with Gasteiger partial charge < -0.3 is 0 Å². The van der Waals surface area contributed by atoms with Gasteiger partial charge in [0, 0.05) is 11.6 Å². The van der Waals surface area contributed by atoms with Crippen LogP contribution in [0.25, 0.3) is 11.4 Å². The molecule has 0 saturated heterocycles. The van der Waals surface area contributed by atoms with Crippen LogP contribution >= 0.6 is 34.2 Å². The first-order valence-electron chi connectivity index (χ1n) is 4.63. The molecule has 0 aliphatic carbocycles. The number of hydrogen-bond donors (Lipinski definition) is 0. The molecule has 2 rings (SSSR count). The molecule has 0 bridgehead atoms. The second kappa shape index (κ2) is 4.81. The summed E-state index contributed by atoms with van der Waals surface area (Å²) in [6.45, 7) is 1.76. The molecular weight excluding hydrogens is 360 g/mol. The van der Waals surface area contributed by atoms with Crippen molar-refractivity contribution in [2.75, 3.05) is 0 Å². The van der Waals surface area contributed by atoms with Gasteiger partial charge in [0.2, 0.25) is 0 Å². The largest absolute Gasteiger partial charge is 0.232 e. The first-order valence-corrected chi connectivity index (χ1v) is 6.09. The fourth-order valence-corrected chi connectivity index (χ4v) is 1.79. The molecule has 88 valence electrons. The maximum atomic E-state index is 13.1. The molecule has 0 amide bonds. The van der Waals surface area contributed by atoms with E-state index < -0.39 is 11.6 Å². The van der Waals surface area contributed by atoms with Crippen molar-refractivity contribution in [3.05, 3.63) is 44.3 Å². The average molecular weight is 367 g/mol. The Morgan fingerprint density at radius 2 is 1.71 bits per heavy atom. The molecule has 0 aliphatic heterocycles. The maximum absolute atomic E-state index is 13.1. The fraction of sp³-hybridized carbons (Fsp3) is 0.0909. The first-order chi connectivity index (χ1) is 7.97. The summed E-state index contributed by atoms with van der Waals surface area (Å²) in [6.07, 6.45) is 0. The lowest BCUT2D eigenvalue weighted by molar-refractivity contribution is 0.584. The molecular formula is C11H6ClF2IN2. The number of aromatic nitrogens is 2. The van der Waals surface area contributed by atoms with E-state index in [-0.39, 0.29) is 16.5 Å². The molecule has 0 N–H and O–H groups in total. The second-order valence-corrected chi connectivity index (χ2v) is 4.83. The molecule has 0 fully saturated rings. The third-order valence-corrected chi connectivity index (χ3v) is 3.98. The van der Waals surface area contributed by atoms with Crippen molar-refractivity contribution in [2.24, 2.45) is 0 Å². The molecule has 0 unspecified atom stereocenters. The third-order valence-electron chi connectivity index (χ3n) is 2.10. The Balaban J connectivity index is 2.60. The molecule has 0 radical (unpaired) electrons. The van der Waals surface area contributed by atoms with E-state index in [1.807, 2.05) is 22.6 Å². The number of rotatable bonds is 1. The van der Waals surface area contributed by atoms with E-state index in [4.69, 9.17) is 11.6 Å². The van der Waals surface area contributed by atoms with E-state index in [9.17, 15) is 8.78 Å². The van der Waals surface area contributed by atoms with Gasteiger partial charge in [0.25, 0.3) is 0 Å². The van der Waals surface area contributed by atoms with E-state index in [1.54, 1.807) is 6.92 Å². The standard InChI is InChI=1S/C11H6ClF2IN2/c1-5-9(15)10(12)17-11(16-5)6-2-7(13)4-8(14)3-6/h2-4H,1H3. The summed E-state index contributed by atoms with van der Waals surface area (Å²) in [7, 11) is 0. The van der Waals surface area contributed by atoms with Gasteiger partial charge in [0.1, 0.15) is 16.8 Å². The summed E-state index contributed by atoms with van der Waals surface area (Å²) in [5, 5.41) is 0.276. The lowest BCUT2D eigenvalue weighted by atomic mass is 10.2. The van der Waals surface area contributed by atoms with Crippen molar-refractivity contribution >= 4 is 34.2 Å². The molecule has 1 aromatic carbocycles. The zero-order chi connectivity index (χ0) is 12.6. The van der Waals surface area contributed by atoms with Crippen LogP contribution in [0.3, 0.4) is 0 Å². The van der Waals surface area contributed by atoms with Gasteiger partial charge in [-0.1, -0.05) is 11.6 Å². The molecule has 2 aromatic rings. The van der Waals surface area contributed by atoms with Gasteiger partial charge in [-0.3, -0.25) is 0 Å². The van der Waals surface area contributed by atoms with Crippen molar-refractivity contribution in [1.29, 1.82) is 0 Å². The zero-order valence-electron chi connectivity index (χ0n) is 8.64. The summed E-state index contributed by atoms with van der Waals surface area (Å²) in [4.78, 5) is 8.15. The maximum Gasteiger partial charge on any atom is 0.161 e. The van der Waals surface area contributed by atoms with Gasteiger partial charge >= 0.3 is 0 Å². The highest BCUT2D eigenvalue weighted by molar-refractivity contribution is 14.1. The fourth-order valence-electron chi connectivity index (χ4n) is 1.34. The van der Waals surface area contributed by atoms with Gasteiger partial charge in [0.15, 0.2) is 5.82 Å². The van der Waals surface area contributed by atoms with Crippen molar-refractivity contribution in [1.82, 2.24) is 9.97 Å². The lowest BCUT2D eigenvalue weighted by Crippen LogP contribution is -1.97. The van der Waals surface area contributed by atoms with Gasteiger partial charge in [-0.05, 0) is 41.6 Å². The molecule has 2 nitrogen and oxygen atoms in total. The minimum atomic E-state index is -0.670. The molecule has 17 heavy (non-hydrogen) atoms. The van der Waals surface area contributed by atoms with E-state index in [2.05, 4.69) is 9.97 Å². The summed E-state index contributed by atoms with van der Waals surface area (Å²) in [5.74, 6) is -1.13. The predicted octanol–water partition coefficient (Wildman–Crippen LogP) is 3.99. The van der Waals surface area contributed by atoms with Crippen LogP contribution in [0, 0.1) is 22.1 Å². The summed E-state index contributed by atoms with van der Waals surface area (Å²) >= 11 is 7.92. The molecule has 0 aliphatic rings. The lowest BCUT2D eigenvalue weighted by Gasteiger charge is -2.05. The molecule has 0 saturated carbocycles. The highest BCUT2D eigenvalue weighted by atomic mass is 127. The Morgan fingerprint density at radius 3 is 2.24 bits per heavy atom. The van der Waals surface area contributed by atoms with Crippen LogP contribution in [-0.2, 0) is 0 Å². The molecule has 0 atom stereocenters. The van der Waals surface area contributed by atoms with Crippen molar-refractivity contribution in [3.63, 3.8) is 0 Å². The van der Waals surface area contributed by atoms with Gasteiger partial charge in [-0.25, -0.2) is 18.7 Å². The Kier molecular flexibility index (Phi) is 3.58. The smallest absolute Gasteiger partial charge is 0.161 e. The third kappa shape index (κ3) is 2.71. The molecule has 0 spiro atoms. The van der Waals surface area contributed by atoms with Crippen LogP contribution in [0.1, 0.15) is 5.69 Å². The molecule has 6 heteroatoms. The minimum absolute atomic E-state index is 0.214. The number of nitrogens with zero attached hydrogens (tertiary/aromatic N) is 2. The summed E-state index contributed by atoms with van der Waals surface area (Å²) in [5.41, 5.74) is 0.939. The number of aryl methyl sites for hydroxylation is 1. The van der Waals surface area contributed by atoms with Crippen LogP contribution in [0.4, 0.5) is 8.78 Å². The van der Waals surface area contributed by atoms with Crippen LogP contribution in [0.15, 0.2) is 18.2 Å². The minimum Gasteiger partial charge on any atom is -0.232 e. The quantitative estimate of drug-likeness (QED) is 0.563. The monoisotopic (exact) mass is 366 g/mol. The normalized spacial score (nSPS) is 10.6. The van der Waals surface area contributed by atoms with Crippen molar-refractivity contribution < 1.29 is 8.78 Å². The van der Waals surface area contributed by atoms with Crippen molar-refractivity contribution in [2.45, 2.75) is 6.92 Å². The van der Waals surface area contributed by atoms with Gasteiger partial charge in [-0.15, -0.1) is 0 Å². The topological polar surface area (TPSA) is 25.8 Å². The van der Waals surface area contributed by atoms with Crippen LogP contribution in [-0.4, -0.2) is 9.97 Å². The Morgan fingerprint density at radius 1 is 1.12 bits per heavy atom. The first kappa shape index (κ1) is 12.6. The Labute approximate surface area is 115 Å². The number of benzene rings is 1. The summed E-state index contributed by atoms with van der Waals surface area (Å²) < 4.78 is 26.9. The Bertz CT molecular complexity index is 546. The average Bonchev–Trinajstić information content (AvgIpc) is 2.23. The molecule has 1 heterocycles. The SMILES string of the molecule is Cc1nc(-c2cc(F)cc(F)c2)nc(Cl)c1I. The van der Waals surface area contributed by atoms with Crippen LogP contribution in [0.5, 0.6) is 0 Å². The van der Waals surface area contributed by atoms with Crippen molar-refractivity contribution in [3.8, 4) is 11.4 Å². The zero-order valence-corrected chi connectivity index (χ0v) is 11.6. The predicted molar refractivity (Wildman–Crippen MR) is 69.8 cm³/mol.